The topological polar surface area (TPSA) is 26.0 Å². The molecule has 0 aromatic heterocycles. The molecular weight excluding hydrogens is 201 g/mol. The van der Waals surface area contributed by atoms with Gasteiger partial charge in [-0.1, -0.05) is 35.9 Å². The Bertz CT molecular complexity index is 489. The summed E-state index contributed by atoms with van der Waals surface area (Å²) in [5.41, 5.74) is 9.16. The Morgan fingerprint density at radius 1 is 1.06 bits per heavy atom. The van der Waals surface area contributed by atoms with Crippen LogP contribution in [0.4, 0.5) is 4.39 Å². The van der Waals surface area contributed by atoms with E-state index in [2.05, 4.69) is 0 Å². The second-order valence-electron chi connectivity index (χ2n) is 3.88. The lowest BCUT2D eigenvalue weighted by Gasteiger charge is -2.06. The van der Waals surface area contributed by atoms with Crippen molar-refractivity contribution in [1.82, 2.24) is 0 Å². The van der Waals surface area contributed by atoms with Gasteiger partial charge >= 0.3 is 0 Å². The van der Waals surface area contributed by atoms with E-state index in [9.17, 15) is 4.39 Å². The van der Waals surface area contributed by atoms with Crippen molar-refractivity contribution in [3.05, 3.63) is 59.4 Å². The fraction of sp³-hybridized carbons (Fsp3) is 0.143. The number of aryl methyl sites for hydroxylation is 1. The molecule has 0 spiro atoms. The number of rotatable bonds is 2. The van der Waals surface area contributed by atoms with E-state index in [1.54, 1.807) is 12.1 Å². The van der Waals surface area contributed by atoms with Crippen LogP contribution in [0.1, 0.15) is 11.1 Å². The van der Waals surface area contributed by atoms with Gasteiger partial charge in [-0.15, -0.1) is 0 Å². The minimum absolute atomic E-state index is 0.207. The number of halogens is 1. The zero-order valence-corrected chi connectivity index (χ0v) is 9.20. The van der Waals surface area contributed by atoms with Crippen LogP contribution in [0, 0.1) is 12.7 Å². The highest BCUT2D eigenvalue weighted by molar-refractivity contribution is 5.65. The molecule has 0 fully saturated rings. The van der Waals surface area contributed by atoms with Crippen molar-refractivity contribution in [3.8, 4) is 11.1 Å². The lowest BCUT2D eigenvalue weighted by Crippen LogP contribution is -1.97. The zero-order valence-electron chi connectivity index (χ0n) is 9.20. The van der Waals surface area contributed by atoms with Crippen molar-refractivity contribution in [2.24, 2.45) is 5.73 Å². The monoisotopic (exact) mass is 215 g/mol. The molecule has 2 aromatic carbocycles. The van der Waals surface area contributed by atoms with Crippen LogP contribution in [0.5, 0.6) is 0 Å². The van der Waals surface area contributed by atoms with E-state index < -0.39 is 0 Å². The van der Waals surface area contributed by atoms with Crippen molar-refractivity contribution >= 4 is 0 Å². The van der Waals surface area contributed by atoms with Gasteiger partial charge in [0.1, 0.15) is 5.82 Å². The summed E-state index contributed by atoms with van der Waals surface area (Å²) in [6.07, 6.45) is 0. The maximum Gasteiger partial charge on any atom is 0.131 e. The number of hydrogen-bond donors (Lipinski definition) is 1. The highest BCUT2D eigenvalue weighted by Gasteiger charge is 2.05. The molecule has 0 saturated heterocycles. The van der Waals surface area contributed by atoms with Crippen molar-refractivity contribution in [1.29, 1.82) is 0 Å². The van der Waals surface area contributed by atoms with Crippen LogP contribution in [-0.2, 0) is 6.54 Å². The highest BCUT2D eigenvalue weighted by Crippen LogP contribution is 2.24. The summed E-state index contributed by atoms with van der Waals surface area (Å²) in [6.45, 7) is 2.44. The van der Waals surface area contributed by atoms with E-state index in [-0.39, 0.29) is 5.82 Å². The SMILES string of the molecule is Cc1ccc(-c2cc(CN)ccc2F)cc1. The predicted molar refractivity (Wildman–Crippen MR) is 64.5 cm³/mol. The third kappa shape index (κ3) is 2.12. The number of hydrogen-bond acceptors (Lipinski definition) is 1. The van der Waals surface area contributed by atoms with Crippen molar-refractivity contribution < 1.29 is 4.39 Å². The van der Waals surface area contributed by atoms with E-state index in [0.717, 1.165) is 11.1 Å². The lowest BCUT2D eigenvalue weighted by molar-refractivity contribution is 0.630. The third-order valence-electron chi connectivity index (χ3n) is 2.63. The van der Waals surface area contributed by atoms with Gasteiger partial charge in [0, 0.05) is 12.1 Å². The molecule has 2 heteroatoms. The van der Waals surface area contributed by atoms with Crippen LogP contribution in [0.3, 0.4) is 0 Å². The van der Waals surface area contributed by atoms with E-state index in [1.807, 2.05) is 31.2 Å². The van der Waals surface area contributed by atoms with Gasteiger partial charge in [0.15, 0.2) is 0 Å². The number of benzene rings is 2. The fourth-order valence-corrected chi connectivity index (χ4v) is 1.65. The average molecular weight is 215 g/mol. The van der Waals surface area contributed by atoms with Gasteiger partial charge in [-0.3, -0.25) is 0 Å². The molecule has 0 aliphatic heterocycles. The minimum atomic E-state index is -0.207. The molecule has 0 aliphatic rings. The summed E-state index contributed by atoms with van der Waals surface area (Å²) in [4.78, 5) is 0. The van der Waals surface area contributed by atoms with Gasteiger partial charge in [0.05, 0.1) is 0 Å². The fourth-order valence-electron chi connectivity index (χ4n) is 1.65. The van der Waals surface area contributed by atoms with E-state index in [0.29, 0.717) is 12.1 Å². The molecule has 16 heavy (non-hydrogen) atoms. The highest BCUT2D eigenvalue weighted by atomic mass is 19.1. The molecule has 0 saturated carbocycles. The summed E-state index contributed by atoms with van der Waals surface area (Å²) in [5, 5.41) is 0. The summed E-state index contributed by atoms with van der Waals surface area (Å²) < 4.78 is 13.7. The van der Waals surface area contributed by atoms with Crippen LogP contribution < -0.4 is 5.73 Å². The second-order valence-corrected chi connectivity index (χ2v) is 3.88. The van der Waals surface area contributed by atoms with Gasteiger partial charge in [-0.25, -0.2) is 4.39 Å². The largest absolute Gasteiger partial charge is 0.326 e. The Hall–Kier alpha value is -1.67. The Balaban J connectivity index is 2.50. The first-order valence-electron chi connectivity index (χ1n) is 5.26. The summed E-state index contributed by atoms with van der Waals surface area (Å²) in [7, 11) is 0. The predicted octanol–water partition coefficient (Wildman–Crippen LogP) is 3.26. The molecule has 0 aliphatic carbocycles. The first-order valence-corrected chi connectivity index (χ1v) is 5.26. The van der Waals surface area contributed by atoms with E-state index in [1.165, 1.54) is 11.6 Å². The molecule has 0 atom stereocenters. The van der Waals surface area contributed by atoms with Crippen LogP contribution in [-0.4, -0.2) is 0 Å². The van der Waals surface area contributed by atoms with E-state index >= 15 is 0 Å². The molecule has 0 radical (unpaired) electrons. The lowest BCUT2D eigenvalue weighted by atomic mass is 10.0. The molecule has 1 nitrogen and oxygen atoms in total. The quantitative estimate of drug-likeness (QED) is 0.817. The summed E-state index contributed by atoms with van der Waals surface area (Å²) >= 11 is 0. The molecule has 2 rings (SSSR count). The Morgan fingerprint density at radius 2 is 1.75 bits per heavy atom. The van der Waals surface area contributed by atoms with Gasteiger partial charge in [-0.05, 0) is 30.2 Å². The average Bonchev–Trinajstić information content (AvgIpc) is 2.31. The molecule has 0 amide bonds. The van der Waals surface area contributed by atoms with Gasteiger partial charge in [0.25, 0.3) is 0 Å². The Kier molecular flexibility index (Phi) is 3.02. The van der Waals surface area contributed by atoms with Crippen LogP contribution in [0.25, 0.3) is 11.1 Å². The Labute approximate surface area is 94.7 Å². The maximum absolute atomic E-state index is 13.7. The zero-order chi connectivity index (χ0) is 11.5. The van der Waals surface area contributed by atoms with Crippen molar-refractivity contribution in [2.45, 2.75) is 13.5 Å². The molecule has 0 bridgehead atoms. The molecule has 0 heterocycles. The van der Waals surface area contributed by atoms with E-state index in [4.69, 9.17) is 5.73 Å². The molecule has 2 N–H and O–H groups in total. The van der Waals surface area contributed by atoms with Crippen LogP contribution >= 0.6 is 0 Å². The normalized spacial score (nSPS) is 10.4. The second kappa shape index (κ2) is 4.45. The first kappa shape index (κ1) is 10.8. The Morgan fingerprint density at radius 3 is 2.38 bits per heavy atom. The van der Waals surface area contributed by atoms with Crippen LogP contribution in [0.15, 0.2) is 42.5 Å². The first-order chi connectivity index (χ1) is 7.70. The maximum atomic E-state index is 13.7. The third-order valence-corrected chi connectivity index (χ3v) is 2.63. The molecule has 2 aromatic rings. The van der Waals surface area contributed by atoms with Gasteiger partial charge < -0.3 is 5.73 Å². The standard InChI is InChI=1S/C14H14FN/c1-10-2-5-12(6-3-10)13-8-11(9-16)4-7-14(13)15/h2-8H,9,16H2,1H3. The minimum Gasteiger partial charge on any atom is -0.326 e. The molecular formula is C14H14FN. The molecule has 82 valence electrons. The van der Waals surface area contributed by atoms with Crippen molar-refractivity contribution in [3.63, 3.8) is 0 Å². The van der Waals surface area contributed by atoms with Crippen LogP contribution in [0.2, 0.25) is 0 Å². The number of nitrogens with two attached hydrogens (primary N) is 1. The van der Waals surface area contributed by atoms with Crippen molar-refractivity contribution in [2.75, 3.05) is 0 Å². The van der Waals surface area contributed by atoms with Gasteiger partial charge in [0.2, 0.25) is 0 Å². The summed E-state index contributed by atoms with van der Waals surface area (Å²) in [6, 6.07) is 12.8. The summed E-state index contributed by atoms with van der Waals surface area (Å²) in [5.74, 6) is -0.207. The molecule has 0 unspecified atom stereocenters. The smallest absolute Gasteiger partial charge is 0.131 e. The van der Waals surface area contributed by atoms with Gasteiger partial charge in [-0.2, -0.15) is 0 Å².